The maximum absolute atomic E-state index is 13.4. The minimum atomic E-state index is -3.69. The van der Waals surface area contributed by atoms with Crippen LogP contribution in [0.1, 0.15) is 28.8 Å². The molecule has 1 saturated carbocycles. The van der Waals surface area contributed by atoms with Gasteiger partial charge in [-0.05, 0) is 49.1 Å². The number of ether oxygens (including phenoxy) is 2. The lowest BCUT2D eigenvalue weighted by atomic mass is 9.93. The van der Waals surface area contributed by atoms with Gasteiger partial charge >= 0.3 is 12.3 Å². The van der Waals surface area contributed by atoms with Gasteiger partial charge in [-0.25, -0.2) is 9.78 Å². The van der Waals surface area contributed by atoms with E-state index in [1.54, 1.807) is 30.3 Å². The molecule has 1 aromatic carbocycles. The minimum Gasteiger partial charge on any atom is -0.478 e. The molecule has 2 aromatic rings. The van der Waals surface area contributed by atoms with E-state index in [-0.39, 0.29) is 18.1 Å². The van der Waals surface area contributed by atoms with E-state index >= 15 is 0 Å². The Bertz CT molecular complexity index is 1160. The molecule has 0 saturated heterocycles. The smallest absolute Gasteiger partial charge is 0.478 e. The number of benzene rings is 1. The van der Waals surface area contributed by atoms with Crippen molar-refractivity contribution >= 4 is 17.7 Å². The average Bonchev–Trinajstić information content (AvgIpc) is 3.57. The second-order valence-corrected chi connectivity index (χ2v) is 7.93. The summed E-state index contributed by atoms with van der Waals surface area (Å²) in [6.45, 7) is 1.10. The summed E-state index contributed by atoms with van der Waals surface area (Å²) in [5.41, 5.74) is 1.85. The molecule has 9 heteroatoms. The van der Waals surface area contributed by atoms with E-state index in [1.807, 2.05) is 6.92 Å². The lowest BCUT2D eigenvalue weighted by Gasteiger charge is -2.18. The third-order valence-electron chi connectivity index (χ3n) is 5.66. The highest BCUT2D eigenvalue weighted by molar-refractivity contribution is 5.99. The molecule has 2 aliphatic rings. The van der Waals surface area contributed by atoms with Crippen LogP contribution in [0.2, 0.25) is 0 Å². The Morgan fingerprint density at radius 2 is 1.88 bits per heavy atom. The van der Waals surface area contributed by atoms with Crippen LogP contribution < -0.4 is 5.32 Å². The van der Waals surface area contributed by atoms with Crippen LogP contribution in [-0.4, -0.2) is 41.5 Å². The van der Waals surface area contributed by atoms with Gasteiger partial charge in [0.2, 0.25) is 5.91 Å². The predicted molar refractivity (Wildman–Crippen MR) is 116 cm³/mol. The van der Waals surface area contributed by atoms with Crippen LogP contribution in [0.15, 0.2) is 60.2 Å². The SMILES string of the molecule is Cc1ccc(NC(=O)C2(C3=CCOC(F)(F)OCC=C3)CC2)nc1-c1cccc(C(=O)O)c1. The summed E-state index contributed by atoms with van der Waals surface area (Å²) in [6.07, 6.45) is 1.95. The molecule has 0 atom stereocenters. The minimum absolute atomic E-state index is 0.135. The van der Waals surface area contributed by atoms with Gasteiger partial charge in [0.15, 0.2) is 0 Å². The number of nitrogens with zero attached hydrogens (tertiary/aromatic N) is 1. The zero-order valence-electron chi connectivity index (χ0n) is 17.8. The molecule has 7 nitrogen and oxygen atoms in total. The Hall–Kier alpha value is -3.43. The predicted octanol–water partition coefficient (Wildman–Crippen LogP) is 4.55. The topological polar surface area (TPSA) is 97.8 Å². The molecule has 33 heavy (non-hydrogen) atoms. The number of aromatic carboxylic acids is 1. The Balaban J connectivity index is 1.56. The normalized spacial score (nSPS) is 18.9. The fourth-order valence-electron chi connectivity index (χ4n) is 3.71. The van der Waals surface area contributed by atoms with Gasteiger partial charge in [-0.15, -0.1) is 8.78 Å². The van der Waals surface area contributed by atoms with Crippen LogP contribution >= 0.6 is 0 Å². The largest absolute Gasteiger partial charge is 0.486 e. The molecule has 0 bridgehead atoms. The average molecular weight is 456 g/mol. The van der Waals surface area contributed by atoms with Crippen molar-refractivity contribution in [1.82, 2.24) is 4.98 Å². The van der Waals surface area contributed by atoms with Gasteiger partial charge in [0.1, 0.15) is 5.82 Å². The number of aryl methyl sites for hydroxylation is 1. The third-order valence-corrected chi connectivity index (χ3v) is 5.66. The van der Waals surface area contributed by atoms with E-state index in [0.717, 1.165) is 5.56 Å². The Kier molecular flexibility index (Phi) is 6.09. The summed E-state index contributed by atoms with van der Waals surface area (Å²) in [4.78, 5) is 29.0. The van der Waals surface area contributed by atoms with E-state index in [2.05, 4.69) is 19.8 Å². The van der Waals surface area contributed by atoms with Gasteiger partial charge in [-0.2, -0.15) is 0 Å². The molecule has 0 unspecified atom stereocenters. The van der Waals surface area contributed by atoms with Gasteiger partial charge in [-0.3, -0.25) is 14.3 Å². The van der Waals surface area contributed by atoms with Gasteiger partial charge in [0.05, 0.1) is 29.9 Å². The number of halogens is 2. The first kappa shape index (κ1) is 22.8. The number of rotatable bonds is 5. The van der Waals surface area contributed by atoms with Crippen molar-refractivity contribution in [3.8, 4) is 11.3 Å². The first-order chi connectivity index (χ1) is 15.7. The van der Waals surface area contributed by atoms with E-state index in [0.29, 0.717) is 35.5 Å². The first-order valence-corrected chi connectivity index (χ1v) is 10.4. The van der Waals surface area contributed by atoms with Crippen molar-refractivity contribution in [3.63, 3.8) is 0 Å². The lowest BCUT2D eigenvalue weighted by Crippen LogP contribution is -2.27. The van der Waals surface area contributed by atoms with Gasteiger partial charge in [-0.1, -0.05) is 36.4 Å². The number of hydrogen-bond donors (Lipinski definition) is 2. The molecule has 172 valence electrons. The Labute approximate surface area is 188 Å². The van der Waals surface area contributed by atoms with E-state index in [4.69, 9.17) is 0 Å². The number of carbonyl (C=O) groups excluding carboxylic acids is 1. The number of alkyl halides is 2. The lowest BCUT2D eigenvalue weighted by molar-refractivity contribution is -0.385. The van der Waals surface area contributed by atoms with Gasteiger partial charge < -0.3 is 10.4 Å². The van der Waals surface area contributed by atoms with Crippen LogP contribution in [0.4, 0.5) is 14.6 Å². The zero-order valence-corrected chi connectivity index (χ0v) is 17.8. The molecule has 1 aliphatic heterocycles. The van der Waals surface area contributed by atoms with E-state index in [1.165, 1.54) is 24.3 Å². The third kappa shape index (κ3) is 4.99. The number of carboxylic acid groups (broad SMARTS) is 1. The molecule has 2 heterocycles. The molecule has 1 amide bonds. The molecule has 2 N–H and O–H groups in total. The molecule has 1 aromatic heterocycles. The molecule has 0 radical (unpaired) electrons. The highest BCUT2D eigenvalue weighted by Crippen LogP contribution is 2.53. The van der Waals surface area contributed by atoms with Crippen LogP contribution in [0.25, 0.3) is 11.3 Å². The quantitative estimate of drug-likeness (QED) is 0.685. The van der Waals surface area contributed by atoms with Gasteiger partial charge in [0, 0.05) is 5.56 Å². The number of allylic oxidation sites excluding steroid dienone is 1. The van der Waals surface area contributed by atoms with Crippen molar-refractivity contribution in [1.29, 1.82) is 0 Å². The number of carbonyl (C=O) groups is 2. The number of pyridine rings is 1. The second-order valence-electron chi connectivity index (χ2n) is 7.93. The van der Waals surface area contributed by atoms with Crippen molar-refractivity contribution in [2.24, 2.45) is 5.41 Å². The van der Waals surface area contributed by atoms with Crippen molar-refractivity contribution in [3.05, 3.63) is 71.3 Å². The summed E-state index contributed by atoms with van der Waals surface area (Å²) in [6, 6.07) is 9.86. The standard InChI is InChI=1S/C24H22F2N2O5/c1-15-7-8-19(27-20(15)16-4-2-5-17(14-16)21(29)30)28-22(31)23(10-11-23)18-6-3-12-32-24(25,26)33-13-9-18/h2-9,14H,10-13H2,1H3,(H,29,30)(H,27,28,31). The number of nitrogens with one attached hydrogen (secondary N) is 1. The fourth-order valence-corrected chi connectivity index (χ4v) is 3.71. The first-order valence-electron chi connectivity index (χ1n) is 10.4. The summed E-state index contributed by atoms with van der Waals surface area (Å²) in [7, 11) is 0. The summed E-state index contributed by atoms with van der Waals surface area (Å²) in [5.74, 6) is -1.03. The maximum atomic E-state index is 13.4. The summed E-state index contributed by atoms with van der Waals surface area (Å²) < 4.78 is 35.5. The summed E-state index contributed by atoms with van der Waals surface area (Å²) in [5, 5.41) is 12.1. The molecule has 4 rings (SSSR count). The van der Waals surface area contributed by atoms with Crippen LogP contribution in [0, 0.1) is 12.3 Å². The Morgan fingerprint density at radius 1 is 1.12 bits per heavy atom. The van der Waals surface area contributed by atoms with E-state index in [9.17, 15) is 23.5 Å². The van der Waals surface area contributed by atoms with Crippen LogP contribution in [-0.2, 0) is 14.3 Å². The van der Waals surface area contributed by atoms with E-state index < -0.39 is 24.3 Å². The Morgan fingerprint density at radius 3 is 2.61 bits per heavy atom. The van der Waals surface area contributed by atoms with Crippen LogP contribution in [0.3, 0.4) is 0 Å². The van der Waals surface area contributed by atoms with Crippen molar-refractivity contribution in [2.75, 3.05) is 18.5 Å². The number of amides is 1. The molecule has 1 aliphatic carbocycles. The highest BCUT2D eigenvalue weighted by Gasteiger charge is 2.52. The fraction of sp³-hybridized carbons (Fsp3) is 0.292. The molecular formula is C24H22F2N2O5. The number of carboxylic acids is 1. The van der Waals surface area contributed by atoms with Gasteiger partial charge in [0.25, 0.3) is 0 Å². The number of aromatic nitrogens is 1. The summed E-state index contributed by atoms with van der Waals surface area (Å²) >= 11 is 0. The number of anilines is 1. The maximum Gasteiger partial charge on any atom is 0.486 e. The number of hydrogen-bond acceptors (Lipinski definition) is 5. The molecular weight excluding hydrogens is 434 g/mol. The molecule has 0 spiro atoms. The zero-order chi connectivity index (χ0) is 23.6. The van der Waals surface area contributed by atoms with Crippen molar-refractivity contribution < 1.29 is 33.0 Å². The second kappa shape index (κ2) is 8.84. The molecule has 1 fully saturated rings. The van der Waals surface area contributed by atoms with Crippen molar-refractivity contribution in [2.45, 2.75) is 26.1 Å². The van der Waals surface area contributed by atoms with Crippen LogP contribution in [0.5, 0.6) is 0 Å². The monoisotopic (exact) mass is 456 g/mol. The highest BCUT2D eigenvalue weighted by atomic mass is 19.3.